The van der Waals surface area contributed by atoms with Crippen LogP contribution in [0.25, 0.3) is 0 Å². The van der Waals surface area contributed by atoms with Gasteiger partial charge in [0.1, 0.15) is 17.5 Å². The summed E-state index contributed by atoms with van der Waals surface area (Å²) in [6, 6.07) is 1.97. The number of aliphatic hydroxyl groups is 1. The molecule has 2 aromatic rings. The second-order valence-corrected chi connectivity index (χ2v) is 6.07. The fourth-order valence-corrected chi connectivity index (χ4v) is 3.05. The van der Waals surface area contributed by atoms with Crippen LogP contribution in [0, 0.1) is 6.92 Å². The lowest BCUT2D eigenvalue weighted by Crippen LogP contribution is -2.47. The number of aryl methyl sites for hydroxylation is 1. The van der Waals surface area contributed by atoms with Gasteiger partial charge in [0.15, 0.2) is 5.13 Å². The summed E-state index contributed by atoms with van der Waals surface area (Å²) in [5.41, 5.74) is 0. The summed E-state index contributed by atoms with van der Waals surface area (Å²) in [4.78, 5) is 17.7. The zero-order chi connectivity index (χ0) is 15.4. The molecule has 0 unspecified atom stereocenters. The lowest BCUT2D eigenvalue weighted by molar-refractivity contribution is 0.188. The van der Waals surface area contributed by atoms with E-state index in [2.05, 4.69) is 30.1 Å². The molecule has 1 aliphatic rings. The van der Waals surface area contributed by atoms with Crippen molar-refractivity contribution in [3.8, 4) is 0 Å². The molecule has 1 aliphatic heterocycles. The number of aromatic nitrogens is 3. The van der Waals surface area contributed by atoms with E-state index in [1.807, 2.05) is 18.4 Å². The molecule has 3 heterocycles. The topological polar surface area (TPSA) is 77.4 Å². The van der Waals surface area contributed by atoms with Crippen LogP contribution in [0.15, 0.2) is 17.6 Å². The third kappa shape index (κ3) is 3.70. The summed E-state index contributed by atoms with van der Waals surface area (Å²) < 4.78 is 0. The van der Waals surface area contributed by atoms with Crippen LogP contribution < -0.4 is 10.2 Å². The van der Waals surface area contributed by atoms with Crippen molar-refractivity contribution in [1.29, 1.82) is 0 Å². The van der Waals surface area contributed by atoms with Gasteiger partial charge in [0.05, 0.1) is 6.61 Å². The van der Waals surface area contributed by atoms with Crippen molar-refractivity contribution in [3.63, 3.8) is 0 Å². The number of aliphatic hydroxyl groups excluding tert-OH is 1. The van der Waals surface area contributed by atoms with E-state index >= 15 is 0 Å². The Morgan fingerprint density at radius 1 is 1.27 bits per heavy atom. The van der Waals surface area contributed by atoms with Gasteiger partial charge in [-0.3, -0.25) is 4.90 Å². The number of nitrogens with zero attached hydrogens (tertiary/aromatic N) is 5. The highest BCUT2D eigenvalue weighted by Gasteiger charge is 2.18. The average molecular weight is 320 g/mol. The molecule has 0 aromatic carbocycles. The molecule has 0 bridgehead atoms. The molecule has 0 amide bonds. The van der Waals surface area contributed by atoms with Gasteiger partial charge in [-0.05, 0) is 6.92 Å². The van der Waals surface area contributed by atoms with E-state index in [1.54, 1.807) is 17.5 Å². The van der Waals surface area contributed by atoms with Crippen molar-refractivity contribution < 1.29 is 5.11 Å². The molecule has 0 atom stereocenters. The van der Waals surface area contributed by atoms with Crippen LogP contribution in [0.2, 0.25) is 0 Å². The Bertz CT molecular complexity index is 597. The van der Waals surface area contributed by atoms with Gasteiger partial charge >= 0.3 is 0 Å². The van der Waals surface area contributed by atoms with Gasteiger partial charge in [-0.15, -0.1) is 11.3 Å². The van der Waals surface area contributed by atoms with E-state index in [1.165, 1.54) is 0 Å². The summed E-state index contributed by atoms with van der Waals surface area (Å²) in [7, 11) is 0. The summed E-state index contributed by atoms with van der Waals surface area (Å²) in [6.07, 6.45) is 1.77. The molecule has 0 saturated carbocycles. The van der Waals surface area contributed by atoms with E-state index in [0.717, 1.165) is 55.3 Å². The molecule has 2 N–H and O–H groups in total. The van der Waals surface area contributed by atoms with Gasteiger partial charge in [0, 0.05) is 50.4 Å². The predicted molar refractivity (Wildman–Crippen MR) is 87.9 cm³/mol. The SMILES string of the molecule is Cc1nc(Nc2nccs2)cc(N2CCN(CCO)CC2)n1. The fourth-order valence-electron chi connectivity index (χ4n) is 2.51. The number of β-amino-alcohol motifs (C(OH)–C–C–N with tert-alkyl or cyclic N) is 1. The van der Waals surface area contributed by atoms with Gasteiger partial charge < -0.3 is 15.3 Å². The van der Waals surface area contributed by atoms with Gasteiger partial charge in [-0.1, -0.05) is 0 Å². The maximum Gasteiger partial charge on any atom is 0.188 e. The van der Waals surface area contributed by atoms with Crippen LogP contribution in [0.4, 0.5) is 16.8 Å². The number of hydrogen-bond acceptors (Lipinski definition) is 8. The first-order chi connectivity index (χ1) is 10.7. The highest BCUT2D eigenvalue weighted by Crippen LogP contribution is 2.21. The molecule has 22 heavy (non-hydrogen) atoms. The maximum atomic E-state index is 9.01. The number of hydrogen-bond donors (Lipinski definition) is 2. The minimum atomic E-state index is 0.217. The number of anilines is 3. The van der Waals surface area contributed by atoms with Gasteiger partial charge in [-0.25, -0.2) is 15.0 Å². The highest BCUT2D eigenvalue weighted by molar-refractivity contribution is 7.13. The molecule has 0 spiro atoms. The van der Waals surface area contributed by atoms with E-state index in [9.17, 15) is 0 Å². The number of rotatable bonds is 5. The van der Waals surface area contributed by atoms with Crippen LogP contribution >= 0.6 is 11.3 Å². The minimum absolute atomic E-state index is 0.217. The Balaban J connectivity index is 1.70. The summed E-state index contributed by atoms with van der Waals surface area (Å²) in [5, 5.41) is 15.0. The second-order valence-electron chi connectivity index (χ2n) is 5.17. The molecule has 1 fully saturated rings. The highest BCUT2D eigenvalue weighted by atomic mass is 32.1. The van der Waals surface area contributed by atoms with E-state index < -0.39 is 0 Å². The van der Waals surface area contributed by atoms with Crippen molar-refractivity contribution in [2.24, 2.45) is 0 Å². The Morgan fingerprint density at radius 2 is 2.09 bits per heavy atom. The Kier molecular flexibility index (Phi) is 4.81. The van der Waals surface area contributed by atoms with Crippen molar-refractivity contribution in [1.82, 2.24) is 19.9 Å². The quantitative estimate of drug-likeness (QED) is 0.854. The average Bonchev–Trinajstić information content (AvgIpc) is 3.01. The molecule has 2 aromatic heterocycles. The van der Waals surface area contributed by atoms with Crippen LogP contribution in [0.1, 0.15) is 5.82 Å². The number of piperazine rings is 1. The zero-order valence-corrected chi connectivity index (χ0v) is 13.4. The van der Waals surface area contributed by atoms with Crippen LogP contribution in [-0.2, 0) is 0 Å². The van der Waals surface area contributed by atoms with Crippen molar-refractivity contribution >= 4 is 28.1 Å². The van der Waals surface area contributed by atoms with Crippen molar-refractivity contribution in [2.45, 2.75) is 6.92 Å². The van der Waals surface area contributed by atoms with Crippen molar-refractivity contribution in [3.05, 3.63) is 23.5 Å². The first-order valence-electron chi connectivity index (χ1n) is 7.35. The first-order valence-corrected chi connectivity index (χ1v) is 8.23. The molecule has 0 radical (unpaired) electrons. The smallest absolute Gasteiger partial charge is 0.188 e. The van der Waals surface area contributed by atoms with Crippen LogP contribution in [-0.4, -0.2) is 64.3 Å². The second kappa shape index (κ2) is 6.99. The Hall–Kier alpha value is -1.77. The third-order valence-corrected chi connectivity index (χ3v) is 4.29. The lowest BCUT2D eigenvalue weighted by Gasteiger charge is -2.35. The molecular weight excluding hydrogens is 300 g/mol. The zero-order valence-electron chi connectivity index (χ0n) is 12.6. The van der Waals surface area contributed by atoms with Crippen LogP contribution in [0.5, 0.6) is 0 Å². The molecule has 118 valence electrons. The normalized spacial score (nSPS) is 16.0. The monoisotopic (exact) mass is 320 g/mol. The molecule has 0 aliphatic carbocycles. The molecule has 7 nitrogen and oxygen atoms in total. The van der Waals surface area contributed by atoms with E-state index in [0.29, 0.717) is 0 Å². The summed E-state index contributed by atoms with van der Waals surface area (Å²) in [5.74, 6) is 2.46. The molecule has 1 saturated heterocycles. The van der Waals surface area contributed by atoms with E-state index in [-0.39, 0.29) is 6.61 Å². The number of thiazole rings is 1. The van der Waals surface area contributed by atoms with Crippen LogP contribution in [0.3, 0.4) is 0 Å². The largest absolute Gasteiger partial charge is 0.395 e. The predicted octanol–water partition coefficient (Wildman–Crippen LogP) is 1.10. The van der Waals surface area contributed by atoms with Gasteiger partial charge in [-0.2, -0.15) is 0 Å². The first kappa shape index (κ1) is 15.1. The van der Waals surface area contributed by atoms with Gasteiger partial charge in [0.25, 0.3) is 0 Å². The summed E-state index contributed by atoms with van der Waals surface area (Å²) in [6.45, 7) is 6.57. The fraction of sp³-hybridized carbons (Fsp3) is 0.500. The third-order valence-electron chi connectivity index (χ3n) is 3.60. The maximum absolute atomic E-state index is 9.01. The Labute approximate surface area is 133 Å². The Morgan fingerprint density at radius 3 is 2.77 bits per heavy atom. The standard InChI is InChI=1S/C14H20N6OS/c1-11-16-12(18-14-15-2-9-22-14)10-13(17-11)20-5-3-19(4-6-20)7-8-21/h2,9-10,21H,3-8H2,1H3,(H,15,16,17,18). The van der Waals surface area contributed by atoms with E-state index in [4.69, 9.17) is 5.11 Å². The molecular formula is C14H20N6OS. The lowest BCUT2D eigenvalue weighted by atomic mass is 10.3. The number of nitrogens with one attached hydrogen (secondary N) is 1. The molecule has 8 heteroatoms. The molecule has 3 rings (SSSR count). The van der Waals surface area contributed by atoms with Crippen molar-refractivity contribution in [2.75, 3.05) is 49.5 Å². The minimum Gasteiger partial charge on any atom is -0.395 e. The van der Waals surface area contributed by atoms with Gasteiger partial charge in [0.2, 0.25) is 0 Å². The summed E-state index contributed by atoms with van der Waals surface area (Å²) >= 11 is 1.54.